The molecule has 1 nitrogen and oxygen atoms in total. The van der Waals surface area contributed by atoms with E-state index in [1.54, 1.807) is 0 Å². The predicted molar refractivity (Wildman–Crippen MR) is 59.0 cm³/mol. The van der Waals surface area contributed by atoms with Gasteiger partial charge in [0.15, 0.2) is 0 Å². The lowest BCUT2D eigenvalue weighted by Gasteiger charge is -2.46. The first-order chi connectivity index (χ1) is 6.09. The Bertz CT molecular complexity index is 302. The molecular formula is C11H14BrN. The van der Waals surface area contributed by atoms with Crippen molar-refractivity contribution in [1.82, 2.24) is 5.32 Å². The maximum atomic E-state index is 3.45. The zero-order valence-corrected chi connectivity index (χ0v) is 9.56. The minimum absolute atomic E-state index is 0.272. The second-order valence-electron chi connectivity index (χ2n) is 4.21. The minimum atomic E-state index is 0.272. The summed E-state index contributed by atoms with van der Waals surface area (Å²) >= 11 is 3.45. The van der Waals surface area contributed by atoms with Gasteiger partial charge < -0.3 is 5.32 Å². The van der Waals surface area contributed by atoms with Gasteiger partial charge in [-0.25, -0.2) is 0 Å². The normalized spacial score (nSPS) is 25.3. The van der Waals surface area contributed by atoms with Crippen LogP contribution in [-0.4, -0.2) is 12.1 Å². The Kier molecular flexibility index (Phi) is 2.20. The van der Waals surface area contributed by atoms with Gasteiger partial charge in [0, 0.05) is 22.5 Å². The first kappa shape index (κ1) is 9.22. The van der Waals surface area contributed by atoms with Crippen LogP contribution >= 0.6 is 15.9 Å². The van der Waals surface area contributed by atoms with Gasteiger partial charge >= 0.3 is 0 Å². The summed E-state index contributed by atoms with van der Waals surface area (Å²) in [7, 11) is 0. The Hall–Kier alpha value is -0.340. The summed E-state index contributed by atoms with van der Waals surface area (Å²) in [6.45, 7) is 5.61. The molecule has 0 radical (unpaired) electrons. The van der Waals surface area contributed by atoms with Crippen LogP contribution < -0.4 is 5.32 Å². The van der Waals surface area contributed by atoms with E-state index < -0.39 is 0 Å². The molecule has 1 N–H and O–H groups in total. The summed E-state index contributed by atoms with van der Waals surface area (Å²) in [5.41, 5.74) is 1.71. The Morgan fingerprint density at radius 2 is 1.92 bits per heavy atom. The van der Waals surface area contributed by atoms with E-state index in [4.69, 9.17) is 0 Å². The molecule has 2 rings (SSSR count). The van der Waals surface area contributed by atoms with Crippen LogP contribution in [0.5, 0.6) is 0 Å². The molecule has 1 fully saturated rings. The summed E-state index contributed by atoms with van der Waals surface area (Å²) in [4.78, 5) is 0. The highest BCUT2D eigenvalue weighted by Crippen LogP contribution is 2.34. The van der Waals surface area contributed by atoms with Crippen molar-refractivity contribution in [2.75, 3.05) is 6.54 Å². The molecule has 1 aliphatic rings. The molecule has 70 valence electrons. The standard InChI is InChI=1S/C11H14BrN/c1-11(2)10(7-13-11)8-3-5-9(12)6-4-8/h3-6,10,13H,7H2,1-2H3. The lowest BCUT2D eigenvalue weighted by Crippen LogP contribution is -2.59. The molecule has 1 aromatic rings. The molecule has 0 spiro atoms. The molecular weight excluding hydrogens is 226 g/mol. The summed E-state index contributed by atoms with van der Waals surface area (Å²) in [5.74, 6) is 0.667. The third-order valence-electron chi connectivity index (χ3n) is 2.91. The van der Waals surface area contributed by atoms with Crippen molar-refractivity contribution in [2.45, 2.75) is 25.3 Å². The van der Waals surface area contributed by atoms with Gasteiger partial charge in [-0.15, -0.1) is 0 Å². The zero-order valence-electron chi connectivity index (χ0n) is 7.97. The molecule has 2 heteroatoms. The van der Waals surface area contributed by atoms with E-state index in [-0.39, 0.29) is 5.54 Å². The Morgan fingerprint density at radius 3 is 2.31 bits per heavy atom. The highest BCUT2D eigenvalue weighted by Gasteiger charge is 2.38. The van der Waals surface area contributed by atoms with Gasteiger partial charge in [-0.2, -0.15) is 0 Å². The van der Waals surface area contributed by atoms with Gasteiger partial charge in [-0.1, -0.05) is 28.1 Å². The molecule has 0 saturated carbocycles. The third-order valence-corrected chi connectivity index (χ3v) is 3.43. The average Bonchev–Trinajstić information content (AvgIpc) is 2.07. The van der Waals surface area contributed by atoms with Crippen molar-refractivity contribution in [3.8, 4) is 0 Å². The second kappa shape index (κ2) is 3.10. The molecule has 1 heterocycles. The van der Waals surface area contributed by atoms with Crippen molar-refractivity contribution in [2.24, 2.45) is 0 Å². The average molecular weight is 240 g/mol. The fraction of sp³-hybridized carbons (Fsp3) is 0.455. The van der Waals surface area contributed by atoms with E-state index in [1.807, 2.05) is 0 Å². The zero-order chi connectivity index (χ0) is 9.47. The summed E-state index contributed by atoms with van der Waals surface area (Å²) in [5, 5.41) is 3.44. The topological polar surface area (TPSA) is 12.0 Å². The van der Waals surface area contributed by atoms with E-state index in [1.165, 1.54) is 5.56 Å². The van der Waals surface area contributed by atoms with Gasteiger partial charge in [0.25, 0.3) is 0 Å². The minimum Gasteiger partial charge on any atom is -0.310 e. The maximum absolute atomic E-state index is 3.45. The number of rotatable bonds is 1. The SMILES string of the molecule is CC1(C)NCC1c1ccc(Br)cc1. The van der Waals surface area contributed by atoms with E-state index in [0.29, 0.717) is 5.92 Å². The van der Waals surface area contributed by atoms with E-state index in [2.05, 4.69) is 59.4 Å². The number of nitrogens with one attached hydrogen (secondary N) is 1. The fourth-order valence-electron chi connectivity index (χ4n) is 1.84. The van der Waals surface area contributed by atoms with Crippen LogP contribution in [-0.2, 0) is 0 Å². The Morgan fingerprint density at radius 1 is 1.31 bits per heavy atom. The van der Waals surface area contributed by atoms with E-state index in [0.717, 1.165) is 11.0 Å². The molecule has 13 heavy (non-hydrogen) atoms. The van der Waals surface area contributed by atoms with Crippen LogP contribution in [0.1, 0.15) is 25.3 Å². The first-order valence-corrected chi connectivity index (χ1v) is 5.39. The highest BCUT2D eigenvalue weighted by atomic mass is 79.9. The molecule has 0 bridgehead atoms. The third kappa shape index (κ3) is 1.65. The summed E-state index contributed by atoms with van der Waals surface area (Å²) in [6.07, 6.45) is 0. The number of benzene rings is 1. The van der Waals surface area contributed by atoms with Crippen LogP contribution in [0, 0.1) is 0 Å². The smallest absolute Gasteiger partial charge is 0.0206 e. The highest BCUT2D eigenvalue weighted by molar-refractivity contribution is 9.10. The van der Waals surface area contributed by atoms with Crippen molar-refractivity contribution in [3.05, 3.63) is 34.3 Å². The second-order valence-corrected chi connectivity index (χ2v) is 5.12. The molecule has 1 unspecified atom stereocenters. The van der Waals surface area contributed by atoms with Gasteiger partial charge in [-0.3, -0.25) is 0 Å². The molecule has 1 aromatic carbocycles. The van der Waals surface area contributed by atoms with E-state index >= 15 is 0 Å². The molecule has 1 aliphatic heterocycles. The molecule has 1 atom stereocenters. The monoisotopic (exact) mass is 239 g/mol. The number of hydrogen-bond acceptors (Lipinski definition) is 1. The van der Waals surface area contributed by atoms with Crippen molar-refractivity contribution in [3.63, 3.8) is 0 Å². The van der Waals surface area contributed by atoms with Gasteiger partial charge in [0.05, 0.1) is 0 Å². The van der Waals surface area contributed by atoms with Crippen molar-refractivity contribution < 1.29 is 0 Å². The first-order valence-electron chi connectivity index (χ1n) is 4.60. The van der Waals surface area contributed by atoms with Gasteiger partial charge in [0.2, 0.25) is 0 Å². The Labute approximate surface area is 87.7 Å². The number of halogens is 1. The van der Waals surface area contributed by atoms with Crippen molar-refractivity contribution >= 4 is 15.9 Å². The van der Waals surface area contributed by atoms with Crippen LogP contribution in [0.3, 0.4) is 0 Å². The van der Waals surface area contributed by atoms with Crippen LogP contribution in [0.25, 0.3) is 0 Å². The maximum Gasteiger partial charge on any atom is 0.0206 e. The van der Waals surface area contributed by atoms with E-state index in [9.17, 15) is 0 Å². The Balaban J connectivity index is 2.22. The van der Waals surface area contributed by atoms with Gasteiger partial charge in [-0.05, 0) is 31.5 Å². The lowest BCUT2D eigenvalue weighted by atomic mass is 9.75. The summed E-state index contributed by atoms with van der Waals surface area (Å²) in [6, 6.07) is 8.64. The molecule has 0 aliphatic carbocycles. The largest absolute Gasteiger partial charge is 0.310 e. The number of hydrogen-bond donors (Lipinski definition) is 1. The molecule has 1 saturated heterocycles. The van der Waals surface area contributed by atoms with Crippen LogP contribution in [0.2, 0.25) is 0 Å². The quantitative estimate of drug-likeness (QED) is 0.795. The van der Waals surface area contributed by atoms with Crippen LogP contribution in [0.15, 0.2) is 28.7 Å². The van der Waals surface area contributed by atoms with Crippen molar-refractivity contribution in [1.29, 1.82) is 0 Å². The lowest BCUT2D eigenvalue weighted by molar-refractivity contribution is 0.208. The fourth-order valence-corrected chi connectivity index (χ4v) is 2.11. The van der Waals surface area contributed by atoms with Gasteiger partial charge in [0.1, 0.15) is 0 Å². The predicted octanol–water partition coefficient (Wildman–Crippen LogP) is 2.91. The molecule has 0 aromatic heterocycles. The summed E-state index contributed by atoms with van der Waals surface area (Å²) < 4.78 is 1.15. The van der Waals surface area contributed by atoms with Crippen LogP contribution in [0.4, 0.5) is 0 Å². The molecule has 0 amide bonds.